The van der Waals surface area contributed by atoms with Gasteiger partial charge >= 0.3 is 0 Å². The first-order valence-electron chi connectivity index (χ1n) is 9.55. The highest BCUT2D eigenvalue weighted by Crippen LogP contribution is 2.31. The first-order valence-corrected chi connectivity index (χ1v) is 9.55. The monoisotopic (exact) mass is 348 g/mol. The number of fused-ring (bicyclic) bond motifs is 2. The molecule has 0 radical (unpaired) electrons. The number of H-pyrrole nitrogens is 2. The molecule has 3 aromatic rings. The summed E-state index contributed by atoms with van der Waals surface area (Å²) in [4.78, 5) is 26.0. The number of benzene rings is 1. The van der Waals surface area contributed by atoms with Crippen molar-refractivity contribution in [2.45, 2.75) is 45.7 Å². The minimum atomic E-state index is 0.0769. The lowest BCUT2D eigenvalue weighted by atomic mass is 10.0. The van der Waals surface area contributed by atoms with E-state index >= 15 is 0 Å². The van der Waals surface area contributed by atoms with E-state index in [-0.39, 0.29) is 5.56 Å². The highest BCUT2D eigenvalue weighted by atomic mass is 16.1. The molecule has 2 aromatic heterocycles. The first kappa shape index (κ1) is 15.8. The summed E-state index contributed by atoms with van der Waals surface area (Å²) in [6.45, 7) is 4.67. The summed E-state index contributed by atoms with van der Waals surface area (Å²) in [7, 11) is 0. The van der Waals surface area contributed by atoms with Gasteiger partial charge in [-0.25, -0.2) is 4.98 Å². The second-order valence-corrected chi connectivity index (χ2v) is 7.91. The third-order valence-electron chi connectivity index (χ3n) is 5.70. The normalized spacial score (nSPS) is 17.6. The highest BCUT2D eigenvalue weighted by molar-refractivity contribution is 5.83. The molecule has 5 heteroatoms. The second kappa shape index (κ2) is 6.09. The average Bonchev–Trinajstić information content (AvgIpc) is 3.35. The van der Waals surface area contributed by atoms with Gasteiger partial charge in [0.1, 0.15) is 5.82 Å². The van der Waals surface area contributed by atoms with Crippen molar-refractivity contribution in [1.29, 1.82) is 0 Å². The predicted molar refractivity (Wildman–Crippen MR) is 102 cm³/mol. The molecule has 0 amide bonds. The number of aryl methyl sites for hydroxylation is 1. The van der Waals surface area contributed by atoms with E-state index in [1.165, 1.54) is 34.9 Å². The Hall–Kier alpha value is -2.40. The summed E-state index contributed by atoms with van der Waals surface area (Å²) in [5.74, 6) is 1.60. The molecule has 2 aliphatic rings. The molecule has 1 aliphatic carbocycles. The lowest BCUT2D eigenvalue weighted by molar-refractivity contribution is 0.241. The van der Waals surface area contributed by atoms with Crippen LogP contribution in [0.25, 0.3) is 10.9 Å². The summed E-state index contributed by atoms with van der Waals surface area (Å²) in [5, 5.41) is 1.30. The van der Waals surface area contributed by atoms with Gasteiger partial charge in [0.25, 0.3) is 5.56 Å². The van der Waals surface area contributed by atoms with E-state index < -0.39 is 0 Å². The quantitative estimate of drug-likeness (QED) is 0.761. The fourth-order valence-electron chi connectivity index (χ4n) is 4.04. The van der Waals surface area contributed by atoms with Crippen LogP contribution in [0.2, 0.25) is 0 Å². The Bertz CT molecular complexity index is 1030. The third kappa shape index (κ3) is 2.97. The maximum absolute atomic E-state index is 12.4. The van der Waals surface area contributed by atoms with Crippen molar-refractivity contribution in [3.05, 3.63) is 63.0 Å². The van der Waals surface area contributed by atoms with Gasteiger partial charge in [0, 0.05) is 48.7 Å². The van der Waals surface area contributed by atoms with Crippen LogP contribution < -0.4 is 5.56 Å². The van der Waals surface area contributed by atoms with Crippen molar-refractivity contribution in [2.24, 2.45) is 5.92 Å². The minimum absolute atomic E-state index is 0.0769. The van der Waals surface area contributed by atoms with Crippen LogP contribution in [0.3, 0.4) is 0 Å². The molecule has 1 fully saturated rings. The van der Waals surface area contributed by atoms with Crippen molar-refractivity contribution in [3.8, 4) is 0 Å². The number of aromatic nitrogens is 3. The molecule has 1 aromatic carbocycles. The molecule has 1 saturated carbocycles. The van der Waals surface area contributed by atoms with E-state index in [1.807, 2.05) is 0 Å². The zero-order chi connectivity index (χ0) is 17.7. The Morgan fingerprint density at radius 1 is 1.31 bits per heavy atom. The maximum Gasteiger partial charge on any atom is 0.254 e. The molecule has 0 unspecified atom stereocenters. The summed E-state index contributed by atoms with van der Waals surface area (Å²) in [6.07, 6.45) is 6.36. The maximum atomic E-state index is 12.4. The molecule has 2 N–H and O–H groups in total. The Kier molecular flexibility index (Phi) is 3.71. The molecule has 1 aliphatic heterocycles. The third-order valence-corrected chi connectivity index (χ3v) is 5.70. The van der Waals surface area contributed by atoms with E-state index in [0.717, 1.165) is 55.5 Å². The molecular weight excluding hydrogens is 324 g/mol. The van der Waals surface area contributed by atoms with Crippen molar-refractivity contribution in [2.75, 3.05) is 6.54 Å². The second-order valence-electron chi connectivity index (χ2n) is 7.91. The summed E-state index contributed by atoms with van der Waals surface area (Å²) in [6, 6.07) is 6.53. The van der Waals surface area contributed by atoms with Crippen LogP contribution >= 0.6 is 0 Å². The fraction of sp³-hybridized carbons (Fsp3) is 0.429. The lowest BCUT2D eigenvalue weighted by Gasteiger charge is -2.27. The number of rotatable bonds is 4. The molecular formula is C21H24N4O. The van der Waals surface area contributed by atoms with Crippen molar-refractivity contribution >= 4 is 10.9 Å². The topological polar surface area (TPSA) is 64.8 Å². The van der Waals surface area contributed by atoms with E-state index in [4.69, 9.17) is 4.98 Å². The predicted octanol–water partition coefficient (Wildman–Crippen LogP) is 3.07. The fourth-order valence-corrected chi connectivity index (χ4v) is 4.04. The molecule has 0 spiro atoms. The zero-order valence-corrected chi connectivity index (χ0v) is 15.1. The van der Waals surface area contributed by atoms with Crippen LogP contribution in [0.1, 0.15) is 41.1 Å². The highest BCUT2D eigenvalue weighted by Gasteiger charge is 2.25. The molecule has 3 heterocycles. The summed E-state index contributed by atoms with van der Waals surface area (Å²) < 4.78 is 0. The van der Waals surface area contributed by atoms with Crippen LogP contribution in [0.4, 0.5) is 0 Å². The Morgan fingerprint density at radius 2 is 2.19 bits per heavy atom. The molecule has 0 bridgehead atoms. The largest absolute Gasteiger partial charge is 0.361 e. The van der Waals surface area contributed by atoms with E-state index in [9.17, 15) is 4.79 Å². The SMILES string of the molecule is Cc1ccc2[nH]cc(CN3CCc4c(nc(CC5CC5)[nH]c4=O)C3)c2c1. The zero-order valence-electron chi connectivity index (χ0n) is 15.1. The molecule has 5 rings (SSSR count). The Labute approximate surface area is 152 Å². The molecule has 134 valence electrons. The van der Waals surface area contributed by atoms with E-state index in [0.29, 0.717) is 0 Å². The lowest BCUT2D eigenvalue weighted by Crippen LogP contribution is -2.35. The van der Waals surface area contributed by atoms with Crippen LogP contribution in [0, 0.1) is 12.8 Å². The Balaban J connectivity index is 1.40. The summed E-state index contributed by atoms with van der Waals surface area (Å²) >= 11 is 0. The van der Waals surface area contributed by atoms with Crippen LogP contribution in [-0.4, -0.2) is 26.4 Å². The van der Waals surface area contributed by atoms with Gasteiger partial charge in [0.15, 0.2) is 0 Å². The number of hydrogen-bond acceptors (Lipinski definition) is 3. The molecule has 0 atom stereocenters. The number of aromatic amines is 2. The first-order chi connectivity index (χ1) is 12.7. The number of hydrogen-bond donors (Lipinski definition) is 2. The van der Waals surface area contributed by atoms with Gasteiger partial charge < -0.3 is 9.97 Å². The van der Waals surface area contributed by atoms with Gasteiger partial charge in [-0.05, 0) is 49.8 Å². The van der Waals surface area contributed by atoms with Gasteiger partial charge in [-0.1, -0.05) is 11.6 Å². The van der Waals surface area contributed by atoms with Crippen molar-refractivity contribution in [3.63, 3.8) is 0 Å². The van der Waals surface area contributed by atoms with E-state index in [1.54, 1.807) is 0 Å². The van der Waals surface area contributed by atoms with E-state index in [2.05, 4.69) is 46.2 Å². The van der Waals surface area contributed by atoms with Crippen LogP contribution in [0.15, 0.2) is 29.2 Å². The van der Waals surface area contributed by atoms with Gasteiger partial charge in [-0.15, -0.1) is 0 Å². The molecule has 0 saturated heterocycles. The van der Waals surface area contributed by atoms with Crippen molar-refractivity contribution in [1.82, 2.24) is 19.9 Å². The Morgan fingerprint density at radius 3 is 3.04 bits per heavy atom. The van der Waals surface area contributed by atoms with Crippen LogP contribution in [0.5, 0.6) is 0 Å². The molecule has 5 nitrogen and oxygen atoms in total. The van der Waals surface area contributed by atoms with Crippen molar-refractivity contribution < 1.29 is 0 Å². The molecule has 26 heavy (non-hydrogen) atoms. The van der Waals surface area contributed by atoms with Gasteiger partial charge in [-0.3, -0.25) is 9.69 Å². The smallest absolute Gasteiger partial charge is 0.254 e. The van der Waals surface area contributed by atoms with Gasteiger partial charge in [-0.2, -0.15) is 0 Å². The van der Waals surface area contributed by atoms with Gasteiger partial charge in [0.2, 0.25) is 0 Å². The standard InChI is InChI=1S/C21H24N4O/c1-13-2-5-18-17(8-13)15(10-22-18)11-25-7-6-16-19(12-25)23-20(24-21(16)26)9-14-3-4-14/h2,5,8,10,14,22H,3-4,6-7,9,11-12H2,1H3,(H,23,24,26). The van der Waals surface area contributed by atoms with Gasteiger partial charge in [0.05, 0.1) is 5.69 Å². The average molecular weight is 348 g/mol. The number of nitrogens with zero attached hydrogens (tertiary/aromatic N) is 2. The van der Waals surface area contributed by atoms with Crippen LogP contribution in [-0.2, 0) is 25.9 Å². The minimum Gasteiger partial charge on any atom is -0.361 e. The summed E-state index contributed by atoms with van der Waals surface area (Å²) in [5.41, 5.74) is 5.72. The number of nitrogens with one attached hydrogen (secondary N) is 2.